The second-order valence-electron chi connectivity index (χ2n) is 6.94. The zero-order chi connectivity index (χ0) is 21.8. The van der Waals surface area contributed by atoms with Crippen molar-refractivity contribution in [3.05, 3.63) is 58.9 Å². The molecule has 4 rings (SSSR count). The van der Waals surface area contributed by atoms with Crippen molar-refractivity contribution in [2.24, 2.45) is 4.99 Å². The maximum Gasteiger partial charge on any atom is 0.325 e. The number of nitrogens with zero attached hydrogens (tertiary/aromatic N) is 3. The highest BCUT2D eigenvalue weighted by atomic mass is 32.2. The number of anilines is 1. The van der Waals surface area contributed by atoms with Crippen LogP contribution in [0, 0.1) is 0 Å². The molecular formula is C22H21N3O4S2. The number of aromatic nitrogens is 1. The Kier molecular flexibility index (Phi) is 6.53. The number of esters is 1. The maximum atomic E-state index is 12.6. The molecule has 0 spiro atoms. The van der Waals surface area contributed by atoms with Crippen LogP contribution in [0.4, 0.5) is 5.69 Å². The van der Waals surface area contributed by atoms with E-state index in [4.69, 9.17) is 4.74 Å². The van der Waals surface area contributed by atoms with Crippen LogP contribution in [-0.2, 0) is 32.1 Å². The fourth-order valence-electron chi connectivity index (χ4n) is 3.49. The molecule has 0 saturated heterocycles. The van der Waals surface area contributed by atoms with Gasteiger partial charge in [-0.2, -0.15) is 4.99 Å². The van der Waals surface area contributed by atoms with Gasteiger partial charge in [0.2, 0.25) is 5.91 Å². The van der Waals surface area contributed by atoms with E-state index in [-0.39, 0.29) is 29.9 Å². The van der Waals surface area contributed by atoms with Gasteiger partial charge in [0.15, 0.2) is 4.80 Å². The number of carbonyl (C=O) groups is 3. The van der Waals surface area contributed by atoms with Crippen molar-refractivity contribution in [3.8, 4) is 0 Å². The molecule has 160 valence electrons. The van der Waals surface area contributed by atoms with E-state index in [1.165, 1.54) is 35.8 Å². The summed E-state index contributed by atoms with van der Waals surface area (Å²) < 4.78 is 7.38. The maximum absolute atomic E-state index is 12.6. The van der Waals surface area contributed by atoms with Gasteiger partial charge in [-0.05, 0) is 30.2 Å². The second kappa shape index (κ2) is 9.49. The molecule has 1 aliphatic heterocycles. The van der Waals surface area contributed by atoms with Crippen molar-refractivity contribution in [2.45, 2.75) is 13.0 Å². The summed E-state index contributed by atoms with van der Waals surface area (Å²) in [5.41, 5.74) is 2.95. The van der Waals surface area contributed by atoms with Gasteiger partial charge in [-0.15, -0.1) is 11.8 Å². The molecule has 1 aliphatic rings. The van der Waals surface area contributed by atoms with Gasteiger partial charge in [-0.1, -0.05) is 41.7 Å². The number of ether oxygens (including phenoxy) is 1. The van der Waals surface area contributed by atoms with Crippen molar-refractivity contribution in [3.63, 3.8) is 0 Å². The first kappa shape index (κ1) is 21.3. The highest BCUT2D eigenvalue weighted by Crippen LogP contribution is 2.28. The largest absolute Gasteiger partial charge is 0.468 e. The minimum Gasteiger partial charge on any atom is -0.468 e. The van der Waals surface area contributed by atoms with E-state index < -0.39 is 5.97 Å². The lowest BCUT2D eigenvalue weighted by atomic mass is 10.2. The van der Waals surface area contributed by atoms with E-state index in [0.717, 1.165) is 22.3 Å². The van der Waals surface area contributed by atoms with E-state index in [1.54, 1.807) is 9.47 Å². The number of methoxy groups -OCH3 is 1. The van der Waals surface area contributed by atoms with Crippen molar-refractivity contribution in [2.75, 3.05) is 30.1 Å². The first-order chi connectivity index (χ1) is 15.1. The van der Waals surface area contributed by atoms with E-state index in [2.05, 4.69) is 4.99 Å². The number of thioether (sulfide) groups is 1. The number of carbonyl (C=O) groups excluding carboxylic acids is 3. The summed E-state index contributed by atoms with van der Waals surface area (Å²) in [6.45, 7) is 0.652. The van der Waals surface area contributed by atoms with Gasteiger partial charge >= 0.3 is 5.97 Å². The molecule has 0 bridgehead atoms. The number of fused-ring (bicyclic) bond motifs is 2. The molecule has 0 atom stereocenters. The Hall–Kier alpha value is -2.91. The van der Waals surface area contributed by atoms with Gasteiger partial charge in [-0.3, -0.25) is 14.4 Å². The fourth-order valence-corrected chi connectivity index (χ4v) is 5.21. The predicted octanol–water partition coefficient (Wildman–Crippen LogP) is 2.63. The molecule has 0 aliphatic carbocycles. The average molecular weight is 456 g/mol. The first-order valence-electron chi connectivity index (χ1n) is 9.75. The number of amides is 2. The molecule has 0 N–H and O–H groups in total. The standard InChI is InChI=1S/C22H21N3O4S2/c1-29-21(28)12-25-17-8-4-5-9-18(17)31-22(25)23-19(26)13-30-14-20(27)24-11-10-15-6-2-3-7-16(15)24/h2-9H,10-14H2,1H3. The second-order valence-corrected chi connectivity index (χ2v) is 8.93. The summed E-state index contributed by atoms with van der Waals surface area (Å²) in [6.07, 6.45) is 0.854. The third kappa shape index (κ3) is 4.72. The lowest BCUT2D eigenvalue weighted by Crippen LogP contribution is -2.30. The van der Waals surface area contributed by atoms with Crippen LogP contribution in [0.15, 0.2) is 53.5 Å². The Morgan fingerprint density at radius 3 is 2.71 bits per heavy atom. The molecule has 2 aromatic carbocycles. The molecule has 0 unspecified atom stereocenters. The summed E-state index contributed by atoms with van der Waals surface area (Å²) in [5, 5.41) is 0. The topological polar surface area (TPSA) is 81.0 Å². The molecule has 31 heavy (non-hydrogen) atoms. The Balaban J connectivity index is 1.43. The summed E-state index contributed by atoms with van der Waals surface area (Å²) >= 11 is 2.59. The Labute approximate surface area is 187 Å². The minimum atomic E-state index is -0.414. The van der Waals surface area contributed by atoms with E-state index >= 15 is 0 Å². The molecule has 0 radical (unpaired) electrons. The lowest BCUT2D eigenvalue weighted by molar-refractivity contribution is -0.141. The third-order valence-corrected chi connectivity index (χ3v) is 6.92. The highest BCUT2D eigenvalue weighted by molar-refractivity contribution is 8.00. The predicted molar refractivity (Wildman–Crippen MR) is 122 cm³/mol. The average Bonchev–Trinajstić information content (AvgIpc) is 3.35. The van der Waals surface area contributed by atoms with Gasteiger partial charge in [0, 0.05) is 12.2 Å². The Morgan fingerprint density at radius 1 is 1.10 bits per heavy atom. The SMILES string of the molecule is COC(=O)Cn1c(=NC(=O)CSCC(=O)N2CCc3ccccc32)sc2ccccc21. The van der Waals surface area contributed by atoms with Crippen LogP contribution in [0.3, 0.4) is 0 Å². The first-order valence-corrected chi connectivity index (χ1v) is 11.7. The molecule has 9 heteroatoms. The van der Waals surface area contributed by atoms with Gasteiger partial charge in [-0.25, -0.2) is 0 Å². The number of rotatable bonds is 6. The number of benzene rings is 2. The van der Waals surface area contributed by atoms with Gasteiger partial charge in [0.25, 0.3) is 5.91 Å². The van der Waals surface area contributed by atoms with E-state index in [9.17, 15) is 14.4 Å². The zero-order valence-corrected chi connectivity index (χ0v) is 18.6. The summed E-state index contributed by atoms with van der Waals surface area (Å²) in [6, 6.07) is 15.4. The van der Waals surface area contributed by atoms with E-state index in [1.807, 2.05) is 48.5 Å². The Bertz CT molecular complexity index is 1210. The molecule has 0 fully saturated rings. The Morgan fingerprint density at radius 2 is 1.87 bits per heavy atom. The van der Waals surface area contributed by atoms with Crippen LogP contribution in [0.25, 0.3) is 10.2 Å². The number of hydrogen-bond acceptors (Lipinski definition) is 6. The number of thiazole rings is 1. The van der Waals surface area contributed by atoms with Gasteiger partial charge < -0.3 is 14.2 Å². The van der Waals surface area contributed by atoms with Crippen molar-refractivity contribution < 1.29 is 19.1 Å². The fraction of sp³-hybridized carbons (Fsp3) is 0.273. The normalized spacial score (nSPS) is 13.5. The molecular weight excluding hydrogens is 434 g/mol. The third-order valence-electron chi connectivity index (χ3n) is 4.96. The molecule has 3 aromatic rings. The minimum absolute atomic E-state index is 0.00892. The van der Waals surface area contributed by atoms with Crippen molar-refractivity contribution in [1.82, 2.24) is 4.57 Å². The van der Waals surface area contributed by atoms with Crippen LogP contribution in [0.1, 0.15) is 5.56 Å². The van der Waals surface area contributed by atoms with Crippen molar-refractivity contribution >= 4 is 56.8 Å². The van der Waals surface area contributed by atoms with Crippen molar-refractivity contribution in [1.29, 1.82) is 0 Å². The monoisotopic (exact) mass is 455 g/mol. The molecule has 0 saturated carbocycles. The zero-order valence-electron chi connectivity index (χ0n) is 16.9. The van der Waals surface area contributed by atoms with Crippen LogP contribution in [0.2, 0.25) is 0 Å². The number of para-hydroxylation sites is 2. The summed E-state index contributed by atoms with van der Waals surface area (Å²) in [4.78, 5) is 43.3. The van der Waals surface area contributed by atoms with Crippen LogP contribution in [0.5, 0.6) is 0 Å². The smallest absolute Gasteiger partial charge is 0.325 e. The summed E-state index contributed by atoms with van der Waals surface area (Å²) in [5.74, 6) is -0.462. The van der Waals surface area contributed by atoms with Gasteiger partial charge in [0.05, 0.1) is 28.8 Å². The van der Waals surface area contributed by atoms with E-state index in [0.29, 0.717) is 11.3 Å². The van der Waals surface area contributed by atoms with Crippen LogP contribution in [-0.4, -0.2) is 47.5 Å². The van der Waals surface area contributed by atoms with Gasteiger partial charge in [0.1, 0.15) is 6.54 Å². The van der Waals surface area contributed by atoms with Crippen LogP contribution < -0.4 is 9.70 Å². The molecule has 1 aromatic heterocycles. The highest BCUT2D eigenvalue weighted by Gasteiger charge is 2.24. The molecule has 2 amide bonds. The number of hydrogen-bond donors (Lipinski definition) is 0. The van der Waals surface area contributed by atoms with Crippen LogP contribution >= 0.6 is 23.1 Å². The molecule has 7 nitrogen and oxygen atoms in total. The summed E-state index contributed by atoms with van der Waals surface area (Å²) in [7, 11) is 1.33. The lowest BCUT2D eigenvalue weighted by Gasteiger charge is -2.16. The quantitative estimate of drug-likeness (QED) is 0.534. The molecule has 2 heterocycles.